The Balaban J connectivity index is 2.08. The second-order valence-electron chi connectivity index (χ2n) is 4.97. The van der Waals surface area contributed by atoms with Crippen molar-refractivity contribution in [3.05, 3.63) is 54.0 Å². The van der Waals surface area contributed by atoms with Gasteiger partial charge < -0.3 is 9.88 Å². The van der Waals surface area contributed by atoms with E-state index >= 15 is 0 Å². The third-order valence-electron chi connectivity index (χ3n) is 3.35. The first-order valence-electron chi connectivity index (χ1n) is 6.42. The average Bonchev–Trinajstić information content (AvgIpc) is 2.72. The molecule has 0 spiro atoms. The number of hydrogen-bond donors (Lipinski definition) is 1. The molecule has 0 fully saturated rings. The molecule has 2 heterocycles. The summed E-state index contributed by atoms with van der Waals surface area (Å²) >= 11 is 1.76. The molecule has 0 aliphatic carbocycles. The van der Waals surface area contributed by atoms with Crippen molar-refractivity contribution in [2.45, 2.75) is 26.9 Å². The molecule has 0 aliphatic heterocycles. The summed E-state index contributed by atoms with van der Waals surface area (Å²) in [4.78, 5) is 26.1. The van der Waals surface area contributed by atoms with Gasteiger partial charge in [0.25, 0.3) is 5.56 Å². The van der Waals surface area contributed by atoms with Gasteiger partial charge in [-0.15, -0.1) is 11.3 Å². The molecule has 0 amide bonds. The van der Waals surface area contributed by atoms with Crippen LogP contribution in [0, 0.1) is 13.8 Å². The minimum Gasteiger partial charge on any atom is -0.308 e. The monoisotopic (exact) mass is 293 g/mol. The molecular weight excluding hydrogens is 274 g/mol. The summed E-state index contributed by atoms with van der Waals surface area (Å²) in [7, 11) is 3.15. The molecule has 0 radical (unpaired) electrons. The Kier molecular flexibility index (Phi) is 4.25. The van der Waals surface area contributed by atoms with Crippen LogP contribution in [0.3, 0.4) is 0 Å². The summed E-state index contributed by atoms with van der Waals surface area (Å²) < 4.78 is 2.56. The molecule has 0 bridgehead atoms. The van der Waals surface area contributed by atoms with Crippen molar-refractivity contribution < 1.29 is 0 Å². The minimum atomic E-state index is -0.303. The molecule has 0 aromatic carbocycles. The predicted octanol–water partition coefficient (Wildman–Crippen LogP) is 1.05. The molecule has 2 rings (SSSR count). The zero-order chi connectivity index (χ0) is 14.9. The zero-order valence-corrected chi connectivity index (χ0v) is 13.0. The highest BCUT2D eigenvalue weighted by molar-refractivity contribution is 7.12. The van der Waals surface area contributed by atoms with Gasteiger partial charge in [-0.25, -0.2) is 4.79 Å². The van der Waals surface area contributed by atoms with E-state index in [2.05, 4.69) is 25.2 Å². The second-order valence-corrected chi connectivity index (χ2v) is 6.31. The fourth-order valence-electron chi connectivity index (χ4n) is 2.06. The number of aromatic nitrogens is 2. The van der Waals surface area contributed by atoms with Gasteiger partial charge >= 0.3 is 5.69 Å². The van der Waals surface area contributed by atoms with E-state index in [-0.39, 0.29) is 11.2 Å². The Labute approximate surface area is 121 Å². The summed E-state index contributed by atoms with van der Waals surface area (Å²) in [5.41, 5.74) is 1.35. The molecule has 0 aliphatic rings. The van der Waals surface area contributed by atoms with E-state index in [1.807, 2.05) is 0 Å². The first kappa shape index (κ1) is 14.7. The van der Waals surface area contributed by atoms with Gasteiger partial charge in [0, 0.05) is 48.7 Å². The Morgan fingerprint density at radius 2 is 1.90 bits per heavy atom. The maximum atomic E-state index is 12.0. The third-order valence-corrected chi connectivity index (χ3v) is 4.50. The van der Waals surface area contributed by atoms with Crippen LogP contribution >= 0.6 is 11.3 Å². The maximum Gasteiger partial charge on any atom is 0.330 e. The van der Waals surface area contributed by atoms with Crippen LogP contribution in [-0.4, -0.2) is 9.13 Å². The van der Waals surface area contributed by atoms with Gasteiger partial charge in [-0.1, -0.05) is 0 Å². The van der Waals surface area contributed by atoms with Gasteiger partial charge in [0.2, 0.25) is 0 Å². The van der Waals surface area contributed by atoms with Crippen molar-refractivity contribution in [2.24, 2.45) is 14.1 Å². The van der Waals surface area contributed by atoms with Gasteiger partial charge in [0.05, 0.1) is 0 Å². The van der Waals surface area contributed by atoms with Crippen molar-refractivity contribution in [1.82, 2.24) is 14.5 Å². The number of hydrogen-bond acceptors (Lipinski definition) is 4. The lowest BCUT2D eigenvalue weighted by molar-refractivity contribution is 0.633. The van der Waals surface area contributed by atoms with E-state index in [9.17, 15) is 9.59 Å². The summed E-state index contributed by atoms with van der Waals surface area (Å²) in [6.45, 7) is 5.38. The number of rotatable bonds is 4. The van der Waals surface area contributed by atoms with Gasteiger partial charge in [0.15, 0.2) is 0 Å². The first-order chi connectivity index (χ1) is 9.40. The standard InChI is InChI=1S/C14H19N3O2S/c1-9-5-12(20-10(9)2)7-15-6-11-8-16(3)14(19)17(4)13(11)18/h5,8,15H,6-7H2,1-4H3. The predicted molar refractivity (Wildman–Crippen MR) is 81.3 cm³/mol. The van der Waals surface area contributed by atoms with E-state index < -0.39 is 0 Å². The molecule has 2 aromatic heterocycles. The topological polar surface area (TPSA) is 56.0 Å². The normalized spacial score (nSPS) is 11.0. The number of aryl methyl sites for hydroxylation is 3. The quantitative estimate of drug-likeness (QED) is 0.917. The molecule has 2 aromatic rings. The summed E-state index contributed by atoms with van der Waals surface area (Å²) in [6.07, 6.45) is 1.60. The van der Waals surface area contributed by atoms with Crippen molar-refractivity contribution in [3.63, 3.8) is 0 Å². The number of nitrogens with zero attached hydrogens (tertiary/aromatic N) is 2. The molecule has 20 heavy (non-hydrogen) atoms. The maximum absolute atomic E-state index is 12.0. The highest BCUT2D eigenvalue weighted by Gasteiger charge is 2.07. The fraction of sp³-hybridized carbons (Fsp3) is 0.429. The first-order valence-corrected chi connectivity index (χ1v) is 7.24. The second kappa shape index (κ2) is 5.76. The molecule has 5 nitrogen and oxygen atoms in total. The lowest BCUT2D eigenvalue weighted by atomic mass is 10.3. The highest BCUT2D eigenvalue weighted by Crippen LogP contribution is 2.20. The van der Waals surface area contributed by atoms with Crippen LogP contribution in [0.25, 0.3) is 0 Å². The summed E-state index contributed by atoms with van der Waals surface area (Å²) in [5, 5.41) is 3.25. The summed E-state index contributed by atoms with van der Waals surface area (Å²) in [5.74, 6) is 0. The van der Waals surface area contributed by atoms with Crippen molar-refractivity contribution >= 4 is 11.3 Å². The molecule has 0 saturated carbocycles. The summed E-state index contributed by atoms with van der Waals surface area (Å²) in [6, 6.07) is 2.16. The molecule has 0 saturated heterocycles. The van der Waals surface area contributed by atoms with Crippen molar-refractivity contribution in [2.75, 3.05) is 0 Å². The van der Waals surface area contributed by atoms with Crippen LogP contribution in [0.5, 0.6) is 0 Å². The van der Waals surface area contributed by atoms with E-state index in [4.69, 9.17) is 0 Å². The molecule has 1 N–H and O–H groups in total. The van der Waals surface area contributed by atoms with Crippen LogP contribution in [0.1, 0.15) is 20.9 Å². The molecule has 6 heteroatoms. The van der Waals surface area contributed by atoms with Gasteiger partial charge in [0.1, 0.15) is 0 Å². The smallest absolute Gasteiger partial charge is 0.308 e. The van der Waals surface area contributed by atoms with Gasteiger partial charge in [-0.05, 0) is 25.5 Å². The third kappa shape index (κ3) is 2.91. The number of nitrogens with one attached hydrogen (secondary N) is 1. The van der Waals surface area contributed by atoms with Crippen LogP contribution in [0.15, 0.2) is 21.9 Å². The Hall–Kier alpha value is -1.66. The fourth-order valence-corrected chi connectivity index (χ4v) is 3.08. The Morgan fingerprint density at radius 1 is 1.20 bits per heavy atom. The van der Waals surface area contributed by atoms with E-state index in [1.165, 1.54) is 26.9 Å². The van der Waals surface area contributed by atoms with Gasteiger partial charge in [-0.3, -0.25) is 9.36 Å². The largest absolute Gasteiger partial charge is 0.330 e. The highest BCUT2D eigenvalue weighted by atomic mass is 32.1. The average molecular weight is 293 g/mol. The van der Waals surface area contributed by atoms with E-state index in [0.717, 1.165) is 11.1 Å². The molecule has 0 atom stereocenters. The van der Waals surface area contributed by atoms with Crippen molar-refractivity contribution in [1.29, 1.82) is 0 Å². The van der Waals surface area contributed by atoms with Crippen LogP contribution < -0.4 is 16.6 Å². The lowest BCUT2D eigenvalue weighted by Gasteiger charge is -2.07. The van der Waals surface area contributed by atoms with Crippen molar-refractivity contribution in [3.8, 4) is 0 Å². The lowest BCUT2D eigenvalue weighted by Crippen LogP contribution is -2.39. The Bertz CT molecular complexity index is 720. The SMILES string of the molecule is Cc1cc(CNCc2cn(C)c(=O)n(C)c2=O)sc1C. The molecule has 0 unspecified atom stereocenters. The van der Waals surface area contributed by atoms with Crippen LogP contribution in [0.4, 0.5) is 0 Å². The zero-order valence-electron chi connectivity index (χ0n) is 12.2. The molecular formula is C14H19N3O2S. The number of thiophene rings is 1. The van der Waals surface area contributed by atoms with Gasteiger partial charge in [-0.2, -0.15) is 0 Å². The molecule has 108 valence electrons. The Morgan fingerprint density at radius 3 is 2.50 bits per heavy atom. The van der Waals surface area contributed by atoms with E-state index in [1.54, 1.807) is 24.6 Å². The van der Waals surface area contributed by atoms with Crippen LogP contribution in [0.2, 0.25) is 0 Å². The van der Waals surface area contributed by atoms with E-state index in [0.29, 0.717) is 12.1 Å². The van der Waals surface area contributed by atoms with Crippen LogP contribution in [-0.2, 0) is 27.2 Å². The minimum absolute atomic E-state index is 0.237.